The van der Waals surface area contributed by atoms with Gasteiger partial charge in [0.25, 0.3) is 0 Å². The van der Waals surface area contributed by atoms with E-state index in [1.54, 1.807) is 6.92 Å². The molecule has 0 aromatic heterocycles. The summed E-state index contributed by atoms with van der Waals surface area (Å²) in [6.45, 7) is 7.39. The molecule has 0 fully saturated rings. The zero-order valence-corrected chi connectivity index (χ0v) is 22.0. The van der Waals surface area contributed by atoms with E-state index in [2.05, 4.69) is 18.7 Å². The molecule has 0 aliphatic rings. The first-order valence-corrected chi connectivity index (χ1v) is 13.4. The van der Waals surface area contributed by atoms with E-state index in [9.17, 15) is 9.59 Å². The number of nitrogens with zero attached hydrogens (tertiary/aromatic N) is 1. The van der Waals surface area contributed by atoms with E-state index in [1.807, 2.05) is 14.1 Å². The molecule has 5 heteroatoms. The molecule has 0 rings (SSSR count). The lowest BCUT2D eigenvalue weighted by Crippen LogP contribution is -2.23. The Kier molecular flexibility index (Phi) is 21.0. The predicted molar refractivity (Wildman–Crippen MR) is 134 cm³/mol. The van der Waals surface area contributed by atoms with Crippen LogP contribution in [0, 0.1) is 5.92 Å². The minimum absolute atomic E-state index is 0.148. The Morgan fingerprint density at radius 1 is 0.750 bits per heavy atom. The standard InChI is InChI=1S/C27H53NO4/c1-6-8-10-12-13-15-19-25(18-14-11-9-7-2)22-27(30)31-23-24(3)32-26(29)20-16-17-21-28(4)5/h24-25H,6-23H2,1-5H3. The number of ether oxygens (including phenoxy) is 2. The fourth-order valence-electron chi connectivity index (χ4n) is 3.94. The molecule has 0 saturated heterocycles. The fourth-order valence-corrected chi connectivity index (χ4v) is 3.94. The summed E-state index contributed by atoms with van der Waals surface area (Å²) in [5.41, 5.74) is 0. The first-order valence-electron chi connectivity index (χ1n) is 13.4. The van der Waals surface area contributed by atoms with Crippen LogP contribution < -0.4 is 0 Å². The van der Waals surface area contributed by atoms with Gasteiger partial charge in [-0.2, -0.15) is 0 Å². The summed E-state index contributed by atoms with van der Waals surface area (Å²) < 4.78 is 10.8. The number of carbonyl (C=O) groups excluding carboxylic acids is 2. The molecule has 2 atom stereocenters. The molecule has 0 amide bonds. The summed E-state index contributed by atoms with van der Waals surface area (Å²) in [5.74, 6) is 0.0645. The van der Waals surface area contributed by atoms with E-state index < -0.39 is 0 Å². The number of hydrogen-bond acceptors (Lipinski definition) is 5. The summed E-state index contributed by atoms with van der Waals surface area (Å²) in [5, 5.41) is 0. The number of rotatable bonds is 22. The SMILES string of the molecule is CCCCCCCCC(CCCCCC)CC(=O)OCC(C)OC(=O)CCCCN(C)C. The summed E-state index contributed by atoms with van der Waals surface area (Å²) in [6, 6.07) is 0. The number of esters is 2. The molecule has 0 aromatic rings. The molecule has 0 heterocycles. The second-order valence-corrected chi connectivity index (χ2v) is 9.72. The largest absolute Gasteiger partial charge is 0.462 e. The quantitative estimate of drug-likeness (QED) is 0.131. The van der Waals surface area contributed by atoms with Gasteiger partial charge in [-0.1, -0.05) is 78.1 Å². The van der Waals surface area contributed by atoms with Crippen molar-refractivity contribution in [3.8, 4) is 0 Å². The molecule has 0 aromatic carbocycles. The highest BCUT2D eigenvalue weighted by atomic mass is 16.6. The van der Waals surface area contributed by atoms with Gasteiger partial charge in [0, 0.05) is 12.8 Å². The number of carbonyl (C=O) groups is 2. The van der Waals surface area contributed by atoms with E-state index in [4.69, 9.17) is 9.47 Å². The van der Waals surface area contributed by atoms with Gasteiger partial charge < -0.3 is 14.4 Å². The molecule has 0 N–H and O–H groups in total. The van der Waals surface area contributed by atoms with Crippen LogP contribution in [0.25, 0.3) is 0 Å². The molecule has 0 aliphatic heterocycles. The van der Waals surface area contributed by atoms with E-state index in [0.717, 1.165) is 32.2 Å². The zero-order chi connectivity index (χ0) is 24.0. The Morgan fingerprint density at radius 2 is 1.31 bits per heavy atom. The minimum atomic E-state index is -0.387. The van der Waals surface area contributed by atoms with Crippen LogP contribution in [0.4, 0.5) is 0 Å². The molecule has 0 bridgehead atoms. The topological polar surface area (TPSA) is 55.8 Å². The van der Waals surface area contributed by atoms with Crippen molar-refractivity contribution in [1.82, 2.24) is 4.90 Å². The van der Waals surface area contributed by atoms with Crippen LogP contribution in [-0.2, 0) is 19.1 Å². The predicted octanol–water partition coefficient (Wildman–Crippen LogP) is 6.92. The van der Waals surface area contributed by atoms with Gasteiger partial charge in [-0.05, 0) is 59.2 Å². The summed E-state index contributed by atoms with van der Waals surface area (Å²) in [6.07, 6.45) is 17.2. The lowest BCUT2D eigenvalue weighted by molar-refractivity contribution is -0.158. The average Bonchev–Trinajstić information content (AvgIpc) is 2.74. The number of hydrogen-bond donors (Lipinski definition) is 0. The van der Waals surface area contributed by atoms with Crippen LogP contribution in [0.5, 0.6) is 0 Å². The Bertz CT molecular complexity index is 453. The summed E-state index contributed by atoms with van der Waals surface area (Å²) in [7, 11) is 4.05. The second-order valence-electron chi connectivity index (χ2n) is 9.72. The highest BCUT2D eigenvalue weighted by Crippen LogP contribution is 2.22. The molecular weight excluding hydrogens is 402 g/mol. The zero-order valence-electron chi connectivity index (χ0n) is 22.0. The van der Waals surface area contributed by atoms with Crippen LogP contribution >= 0.6 is 0 Å². The van der Waals surface area contributed by atoms with Crippen LogP contribution in [-0.4, -0.2) is 50.2 Å². The van der Waals surface area contributed by atoms with Gasteiger partial charge in [-0.25, -0.2) is 0 Å². The van der Waals surface area contributed by atoms with Gasteiger partial charge in [-0.15, -0.1) is 0 Å². The van der Waals surface area contributed by atoms with Crippen LogP contribution in [0.3, 0.4) is 0 Å². The molecule has 0 radical (unpaired) electrons. The molecule has 0 aliphatic carbocycles. The van der Waals surface area contributed by atoms with Gasteiger partial charge in [0.15, 0.2) is 0 Å². The Balaban J connectivity index is 4.17. The lowest BCUT2D eigenvalue weighted by atomic mass is 9.91. The molecule has 0 saturated carbocycles. The average molecular weight is 456 g/mol. The molecule has 190 valence electrons. The summed E-state index contributed by atoms with van der Waals surface area (Å²) >= 11 is 0. The molecule has 0 spiro atoms. The Morgan fingerprint density at radius 3 is 1.91 bits per heavy atom. The Hall–Kier alpha value is -1.10. The second kappa shape index (κ2) is 21.7. The monoisotopic (exact) mass is 455 g/mol. The van der Waals surface area contributed by atoms with Crippen LogP contribution in [0.1, 0.15) is 124 Å². The van der Waals surface area contributed by atoms with Crippen molar-refractivity contribution in [3.05, 3.63) is 0 Å². The van der Waals surface area contributed by atoms with E-state index in [-0.39, 0.29) is 24.6 Å². The minimum Gasteiger partial charge on any atom is -0.462 e. The van der Waals surface area contributed by atoms with Crippen LogP contribution in [0.2, 0.25) is 0 Å². The maximum Gasteiger partial charge on any atom is 0.306 e. The highest BCUT2D eigenvalue weighted by molar-refractivity contribution is 5.70. The van der Waals surface area contributed by atoms with Gasteiger partial charge in [-0.3, -0.25) is 9.59 Å². The Labute approximate surface area is 199 Å². The first-order chi connectivity index (χ1) is 15.4. The van der Waals surface area contributed by atoms with Crippen molar-refractivity contribution < 1.29 is 19.1 Å². The van der Waals surface area contributed by atoms with Crippen molar-refractivity contribution >= 4 is 11.9 Å². The smallest absolute Gasteiger partial charge is 0.306 e. The molecule has 5 nitrogen and oxygen atoms in total. The third-order valence-electron chi connectivity index (χ3n) is 5.94. The van der Waals surface area contributed by atoms with Crippen LogP contribution in [0.15, 0.2) is 0 Å². The summed E-state index contributed by atoms with van der Waals surface area (Å²) in [4.78, 5) is 26.5. The van der Waals surface area contributed by atoms with Gasteiger partial charge in [0.1, 0.15) is 12.7 Å². The van der Waals surface area contributed by atoms with Crippen molar-refractivity contribution in [2.75, 3.05) is 27.2 Å². The molecule has 2 unspecified atom stereocenters. The first kappa shape index (κ1) is 30.9. The van der Waals surface area contributed by atoms with Gasteiger partial charge >= 0.3 is 11.9 Å². The van der Waals surface area contributed by atoms with E-state index in [0.29, 0.717) is 18.8 Å². The highest BCUT2D eigenvalue weighted by Gasteiger charge is 2.17. The third kappa shape index (κ3) is 20.8. The van der Waals surface area contributed by atoms with E-state index >= 15 is 0 Å². The number of unbranched alkanes of at least 4 members (excludes halogenated alkanes) is 9. The molecular formula is C27H53NO4. The maximum atomic E-state index is 12.4. The third-order valence-corrected chi connectivity index (χ3v) is 5.94. The maximum absolute atomic E-state index is 12.4. The van der Waals surface area contributed by atoms with Crippen molar-refractivity contribution in [1.29, 1.82) is 0 Å². The molecule has 32 heavy (non-hydrogen) atoms. The van der Waals surface area contributed by atoms with E-state index in [1.165, 1.54) is 64.2 Å². The van der Waals surface area contributed by atoms with Gasteiger partial charge in [0.05, 0.1) is 0 Å². The van der Waals surface area contributed by atoms with Crippen molar-refractivity contribution in [3.63, 3.8) is 0 Å². The lowest BCUT2D eigenvalue weighted by Gasteiger charge is -2.18. The van der Waals surface area contributed by atoms with Gasteiger partial charge in [0.2, 0.25) is 0 Å². The normalized spacial score (nSPS) is 13.2. The van der Waals surface area contributed by atoms with Crippen molar-refractivity contribution in [2.45, 2.75) is 130 Å². The van der Waals surface area contributed by atoms with Crippen molar-refractivity contribution in [2.24, 2.45) is 5.92 Å². The fraction of sp³-hybridized carbons (Fsp3) is 0.926.